The molecule has 1 amide bonds. The van der Waals surface area contributed by atoms with E-state index in [2.05, 4.69) is 15.3 Å². The second-order valence-electron chi connectivity index (χ2n) is 6.57. The van der Waals surface area contributed by atoms with Crippen molar-refractivity contribution in [1.29, 1.82) is 0 Å². The molecule has 1 fully saturated rings. The Labute approximate surface area is 175 Å². The molecule has 0 bridgehead atoms. The molecule has 1 aliphatic rings. The quantitative estimate of drug-likeness (QED) is 0.685. The largest absolute Gasteiger partial charge is 0.336 e. The van der Waals surface area contributed by atoms with Crippen LogP contribution >= 0.6 is 24.8 Å². The lowest BCUT2D eigenvalue weighted by molar-refractivity contribution is 0.0620. The average molecular weight is 426 g/mol. The summed E-state index contributed by atoms with van der Waals surface area (Å²) in [7, 11) is 1.93. The van der Waals surface area contributed by atoms with Crippen molar-refractivity contribution in [1.82, 2.24) is 24.8 Å². The van der Waals surface area contributed by atoms with Crippen LogP contribution in [-0.4, -0.2) is 45.0 Å². The molecule has 28 heavy (non-hydrogen) atoms. The molecular formula is C19H22Cl2FN5O. The summed E-state index contributed by atoms with van der Waals surface area (Å²) in [5, 5.41) is 4.09. The number of fused-ring (bicyclic) bond motifs is 1. The highest BCUT2D eigenvalue weighted by molar-refractivity contribution is 5.99. The Hall–Kier alpha value is -2.22. The van der Waals surface area contributed by atoms with Crippen LogP contribution in [-0.2, 0) is 7.05 Å². The molecule has 3 aromatic rings. The zero-order valence-electron chi connectivity index (χ0n) is 15.6. The van der Waals surface area contributed by atoms with Crippen molar-refractivity contribution in [3.05, 3.63) is 59.6 Å². The van der Waals surface area contributed by atoms with Crippen LogP contribution in [0.1, 0.15) is 27.9 Å². The lowest BCUT2D eigenvalue weighted by Gasteiger charge is -2.36. The van der Waals surface area contributed by atoms with E-state index >= 15 is 0 Å². The molecule has 9 heteroatoms. The normalized spacial score (nSPS) is 16.4. The van der Waals surface area contributed by atoms with E-state index in [1.165, 1.54) is 12.1 Å². The smallest absolute Gasteiger partial charge is 0.256 e. The minimum Gasteiger partial charge on any atom is -0.336 e. The molecule has 0 aliphatic carbocycles. The van der Waals surface area contributed by atoms with Crippen LogP contribution < -0.4 is 5.32 Å². The number of halogens is 3. The number of piperazine rings is 1. The lowest BCUT2D eigenvalue weighted by atomic mass is 10.1. The van der Waals surface area contributed by atoms with E-state index in [0.717, 1.165) is 17.8 Å². The molecule has 0 spiro atoms. The van der Waals surface area contributed by atoms with Crippen molar-refractivity contribution in [2.75, 3.05) is 19.6 Å². The number of rotatable bonds is 2. The number of hydrogen-bond donors (Lipinski definition) is 1. The Morgan fingerprint density at radius 2 is 2.07 bits per heavy atom. The first-order valence-corrected chi connectivity index (χ1v) is 8.60. The fraction of sp³-hybridized carbons (Fsp3) is 0.316. The maximum atomic E-state index is 13.4. The van der Waals surface area contributed by atoms with Crippen molar-refractivity contribution in [2.24, 2.45) is 7.05 Å². The summed E-state index contributed by atoms with van der Waals surface area (Å²) < 4.78 is 15.4. The van der Waals surface area contributed by atoms with Gasteiger partial charge in [-0.2, -0.15) is 0 Å². The van der Waals surface area contributed by atoms with Gasteiger partial charge in [-0.1, -0.05) is 0 Å². The number of aryl methyl sites for hydroxylation is 2. The van der Waals surface area contributed by atoms with E-state index in [0.29, 0.717) is 29.9 Å². The number of imidazole rings is 1. The number of nitrogens with zero attached hydrogens (tertiary/aromatic N) is 4. The molecule has 1 aromatic carbocycles. The van der Waals surface area contributed by atoms with Crippen molar-refractivity contribution in [3.63, 3.8) is 0 Å². The third-order valence-corrected chi connectivity index (χ3v) is 4.86. The summed E-state index contributed by atoms with van der Waals surface area (Å²) in [6.45, 7) is 3.77. The van der Waals surface area contributed by atoms with Crippen molar-refractivity contribution < 1.29 is 9.18 Å². The fourth-order valence-corrected chi connectivity index (χ4v) is 3.48. The van der Waals surface area contributed by atoms with Crippen LogP contribution in [0.3, 0.4) is 0 Å². The number of hydrogen-bond acceptors (Lipinski definition) is 4. The Morgan fingerprint density at radius 1 is 1.29 bits per heavy atom. The van der Waals surface area contributed by atoms with Gasteiger partial charge in [-0.3, -0.25) is 9.78 Å². The van der Waals surface area contributed by atoms with Gasteiger partial charge in [0, 0.05) is 50.5 Å². The van der Waals surface area contributed by atoms with Gasteiger partial charge in [-0.25, -0.2) is 9.37 Å². The zero-order valence-corrected chi connectivity index (χ0v) is 17.2. The number of aromatic nitrogens is 3. The molecule has 1 atom stereocenters. The number of carbonyl (C=O) groups excluding carboxylic acids is 1. The number of benzene rings is 1. The Kier molecular flexibility index (Phi) is 6.98. The van der Waals surface area contributed by atoms with Gasteiger partial charge < -0.3 is 14.8 Å². The Balaban J connectivity index is 0.00000140. The van der Waals surface area contributed by atoms with Crippen LogP contribution in [0.2, 0.25) is 0 Å². The second kappa shape index (κ2) is 8.86. The monoisotopic (exact) mass is 425 g/mol. The SMILES string of the molecule is Cc1nc2cc(F)ccc2cc1C(=O)N1CCNCC1c1nccn1C.Cl.Cl. The average Bonchev–Trinajstić information content (AvgIpc) is 3.06. The molecular weight excluding hydrogens is 404 g/mol. The standard InChI is InChI=1S/C19H20FN5O.2ClH/c1-12-15(9-13-3-4-14(20)10-16(13)23-12)19(26)25-8-5-21-11-17(25)18-22-6-7-24(18)2;;/h3-4,6-7,9-10,17,21H,5,8,11H2,1-2H3;2*1H. The first-order chi connectivity index (χ1) is 12.5. The maximum absolute atomic E-state index is 13.4. The number of pyridine rings is 1. The van der Waals surface area contributed by atoms with Gasteiger partial charge in [0.2, 0.25) is 0 Å². The summed E-state index contributed by atoms with van der Waals surface area (Å²) in [4.78, 5) is 24.0. The molecule has 2 aromatic heterocycles. The van der Waals surface area contributed by atoms with Gasteiger partial charge in [0.25, 0.3) is 5.91 Å². The van der Waals surface area contributed by atoms with Crippen molar-refractivity contribution >= 4 is 41.6 Å². The van der Waals surface area contributed by atoms with Gasteiger partial charge in [-0.05, 0) is 25.1 Å². The summed E-state index contributed by atoms with van der Waals surface area (Å²) in [6, 6.07) is 6.09. The van der Waals surface area contributed by atoms with E-state index in [9.17, 15) is 9.18 Å². The molecule has 6 nitrogen and oxygen atoms in total. The summed E-state index contributed by atoms with van der Waals surface area (Å²) in [6.07, 6.45) is 3.62. The van der Waals surface area contributed by atoms with Crippen molar-refractivity contribution in [3.8, 4) is 0 Å². The molecule has 3 heterocycles. The van der Waals surface area contributed by atoms with Crippen LogP contribution in [0, 0.1) is 12.7 Å². The molecule has 0 radical (unpaired) electrons. The van der Waals surface area contributed by atoms with Gasteiger partial charge in [0.15, 0.2) is 0 Å². The van der Waals surface area contributed by atoms with Crippen LogP contribution in [0.15, 0.2) is 36.7 Å². The summed E-state index contributed by atoms with van der Waals surface area (Å²) in [5.41, 5.74) is 1.70. The third-order valence-electron chi connectivity index (χ3n) is 4.86. The topological polar surface area (TPSA) is 63.1 Å². The van der Waals surface area contributed by atoms with Gasteiger partial charge in [0.1, 0.15) is 17.7 Å². The van der Waals surface area contributed by atoms with Gasteiger partial charge >= 0.3 is 0 Å². The number of amides is 1. The Bertz CT molecular complexity index is 994. The highest BCUT2D eigenvalue weighted by atomic mass is 35.5. The predicted octanol–water partition coefficient (Wildman–Crippen LogP) is 3.05. The minimum atomic E-state index is -0.333. The van der Waals surface area contributed by atoms with Crippen LogP contribution in [0.5, 0.6) is 0 Å². The van der Waals surface area contributed by atoms with Gasteiger partial charge in [-0.15, -0.1) is 24.8 Å². The van der Waals surface area contributed by atoms with E-state index in [4.69, 9.17) is 0 Å². The highest BCUT2D eigenvalue weighted by Crippen LogP contribution is 2.25. The fourth-order valence-electron chi connectivity index (χ4n) is 3.48. The van der Waals surface area contributed by atoms with Crippen LogP contribution in [0.4, 0.5) is 4.39 Å². The predicted molar refractivity (Wildman–Crippen MR) is 111 cm³/mol. The summed E-state index contributed by atoms with van der Waals surface area (Å²) in [5.74, 6) is 0.440. The Morgan fingerprint density at radius 3 is 2.79 bits per heavy atom. The molecule has 1 saturated heterocycles. The highest BCUT2D eigenvalue weighted by Gasteiger charge is 2.32. The van der Waals surface area contributed by atoms with E-state index in [1.54, 1.807) is 25.3 Å². The van der Waals surface area contributed by atoms with E-state index in [1.807, 2.05) is 22.7 Å². The molecule has 1 unspecified atom stereocenters. The molecule has 1 aliphatic heterocycles. The molecule has 4 rings (SSSR count). The minimum absolute atomic E-state index is 0. The number of nitrogens with one attached hydrogen (secondary N) is 1. The summed E-state index contributed by atoms with van der Waals surface area (Å²) >= 11 is 0. The first-order valence-electron chi connectivity index (χ1n) is 8.60. The maximum Gasteiger partial charge on any atom is 0.256 e. The van der Waals surface area contributed by atoms with Crippen molar-refractivity contribution in [2.45, 2.75) is 13.0 Å². The van der Waals surface area contributed by atoms with E-state index < -0.39 is 0 Å². The van der Waals surface area contributed by atoms with E-state index in [-0.39, 0.29) is 42.6 Å². The van der Waals surface area contributed by atoms with Crippen LogP contribution in [0.25, 0.3) is 10.9 Å². The first kappa shape index (κ1) is 22.1. The van der Waals surface area contributed by atoms with Gasteiger partial charge in [0.05, 0.1) is 16.8 Å². The lowest BCUT2D eigenvalue weighted by Crippen LogP contribution is -2.49. The zero-order chi connectivity index (χ0) is 18.3. The molecule has 0 saturated carbocycles. The number of carbonyl (C=O) groups is 1. The second-order valence-corrected chi connectivity index (χ2v) is 6.57. The molecule has 1 N–H and O–H groups in total. The molecule has 150 valence electrons. The third kappa shape index (κ3) is 3.97.